The summed E-state index contributed by atoms with van der Waals surface area (Å²) in [6, 6.07) is 0.0601. The normalized spacial score (nSPS) is 11.2. The van der Waals surface area contributed by atoms with Crippen LogP contribution in [0.2, 0.25) is 0 Å². The lowest BCUT2D eigenvalue weighted by atomic mass is 9.96. The molecule has 0 unspecified atom stereocenters. The van der Waals surface area contributed by atoms with Crippen LogP contribution < -0.4 is 0 Å². The Labute approximate surface area is 75.3 Å². The quantitative estimate of drug-likeness (QED) is 0.590. The summed E-state index contributed by atoms with van der Waals surface area (Å²) in [6.45, 7) is 7.13. The van der Waals surface area contributed by atoms with Gasteiger partial charge in [-0.05, 0) is 5.41 Å². The van der Waals surface area contributed by atoms with Gasteiger partial charge in [-0.3, -0.25) is 0 Å². The lowest BCUT2D eigenvalue weighted by molar-refractivity contribution is 0.164. The molecule has 0 spiro atoms. The molecule has 72 valence electrons. The molecule has 0 aromatic carbocycles. The maximum atomic E-state index is 11.4. The third kappa shape index (κ3) is 4.21. The predicted octanol–water partition coefficient (Wildman–Crippen LogP) is 1.65. The molecule has 0 bridgehead atoms. The number of amides is 2. The van der Waals surface area contributed by atoms with Crippen molar-refractivity contribution in [2.75, 3.05) is 27.7 Å². The van der Waals surface area contributed by atoms with Crippen molar-refractivity contribution >= 4 is 6.03 Å². The van der Waals surface area contributed by atoms with E-state index in [9.17, 15) is 4.79 Å². The van der Waals surface area contributed by atoms with Gasteiger partial charge < -0.3 is 9.80 Å². The molecule has 0 aliphatic rings. The van der Waals surface area contributed by atoms with Crippen molar-refractivity contribution in [1.82, 2.24) is 9.80 Å². The molecule has 0 aromatic rings. The summed E-state index contributed by atoms with van der Waals surface area (Å²) in [5, 5.41) is 0. The predicted molar refractivity (Wildman–Crippen MR) is 51.2 cm³/mol. The second kappa shape index (κ2) is 3.78. The number of urea groups is 1. The van der Waals surface area contributed by atoms with Crippen LogP contribution in [0.1, 0.15) is 20.8 Å². The van der Waals surface area contributed by atoms with Gasteiger partial charge in [-0.15, -0.1) is 0 Å². The van der Waals surface area contributed by atoms with Crippen LogP contribution in [0.15, 0.2) is 0 Å². The van der Waals surface area contributed by atoms with E-state index < -0.39 is 0 Å². The van der Waals surface area contributed by atoms with E-state index in [2.05, 4.69) is 20.8 Å². The Bertz CT molecular complexity index is 158. The number of hydrogen-bond acceptors (Lipinski definition) is 1. The first kappa shape index (κ1) is 11.3. The second-order valence-corrected chi connectivity index (χ2v) is 4.59. The van der Waals surface area contributed by atoms with Gasteiger partial charge in [0.2, 0.25) is 0 Å². The Morgan fingerprint density at radius 2 is 1.58 bits per heavy atom. The largest absolute Gasteiger partial charge is 0.331 e. The number of carbonyl (C=O) groups is 1. The highest BCUT2D eigenvalue weighted by molar-refractivity contribution is 5.73. The van der Waals surface area contributed by atoms with Crippen molar-refractivity contribution in [3.05, 3.63) is 0 Å². The zero-order valence-electron chi connectivity index (χ0n) is 9.01. The minimum Gasteiger partial charge on any atom is -0.331 e. The van der Waals surface area contributed by atoms with Crippen molar-refractivity contribution < 1.29 is 4.79 Å². The van der Waals surface area contributed by atoms with Gasteiger partial charge in [0.25, 0.3) is 0 Å². The van der Waals surface area contributed by atoms with E-state index in [1.807, 2.05) is 7.05 Å². The maximum absolute atomic E-state index is 11.4. The van der Waals surface area contributed by atoms with Gasteiger partial charge in [-0.2, -0.15) is 0 Å². The maximum Gasteiger partial charge on any atom is 0.319 e. The highest BCUT2D eigenvalue weighted by Crippen LogP contribution is 2.14. The lowest BCUT2D eigenvalue weighted by Crippen LogP contribution is -2.40. The van der Waals surface area contributed by atoms with Crippen molar-refractivity contribution in [2.45, 2.75) is 20.8 Å². The lowest BCUT2D eigenvalue weighted by Gasteiger charge is -2.28. The van der Waals surface area contributed by atoms with Crippen LogP contribution in [0.5, 0.6) is 0 Å². The van der Waals surface area contributed by atoms with Crippen LogP contribution in [-0.4, -0.2) is 43.5 Å². The molecule has 0 heterocycles. The molecule has 0 rings (SSSR count). The molecule has 0 aromatic heterocycles. The van der Waals surface area contributed by atoms with Gasteiger partial charge in [-0.25, -0.2) is 4.79 Å². The highest BCUT2D eigenvalue weighted by atomic mass is 16.2. The minimum atomic E-state index is 0.0601. The summed E-state index contributed by atoms with van der Waals surface area (Å²) in [7, 11) is 5.36. The summed E-state index contributed by atoms with van der Waals surface area (Å²) >= 11 is 0. The molecule has 0 saturated heterocycles. The average Bonchev–Trinajstić information content (AvgIpc) is 1.82. The fourth-order valence-electron chi connectivity index (χ4n) is 1.12. The van der Waals surface area contributed by atoms with E-state index in [-0.39, 0.29) is 11.4 Å². The van der Waals surface area contributed by atoms with Gasteiger partial charge in [0.05, 0.1) is 0 Å². The smallest absolute Gasteiger partial charge is 0.319 e. The van der Waals surface area contributed by atoms with E-state index in [0.717, 1.165) is 6.54 Å². The molecular formula is C9H20N2O. The molecule has 0 saturated carbocycles. The van der Waals surface area contributed by atoms with Crippen molar-refractivity contribution in [1.29, 1.82) is 0 Å². The number of carbonyl (C=O) groups excluding carboxylic acids is 1. The number of rotatable bonds is 1. The standard InChI is InChI=1S/C9H20N2O/c1-9(2,3)7-11(6)8(12)10(4)5/h7H2,1-6H3. The summed E-state index contributed by atoms with van der Waals surface area (Å²) in [5.74, 6) is 0. The third-order valence-electron chi connectivity index (χ3n) is 1.42. The zero-order valence-corrected chi connectivity index (χ0v) is 9.01. The Morgan fingerprint density at radius 1 is 1.17 bits per heavy atom. The van der Waals surface area contributed by atoms with E-state index in [1.165, 1.54) is 0 Å². The number of nitrogens with zero attached hydrogens (tertiary/aromatic N) is 2. The third-order valence-corrected chi connectivity index (χ3v) is 1.42. The summed E-state index contributed by atoms with van der Waals surface area (Å²) in [6.07, 6.45) is 0. The first-order chi connectivity index (χ1) is 5.24. The Kier molecular flexibility index (Phi) is 3.55. The highest BCUT2D eigenvalue weighted by Gasteiger charge is 2.18. The molecular weight excluding hydrogens is 152 g/mol. The molecule has 0 aliphatic carbocycles. The van der Waals surface area contributed by atoms with Crippen LogP contribution in [0.25, 0.3) is 0 Å². The van der Waals surface area contributed by atoms with Gasteiger partial charge in [0, 0.05) is 27.7 Å². The molecule has 0 aliphatic heterocycles. The van der Waals surface area contributed by atoms with Gasteiger partial charge >= 0.3 is 6.03 Å². The average molecular weight is 172 g/mol. The van der Waals surface area contributed by atoms with Crippen LogP contribution in [-0.2, 0) is 0 Å². The van der Waals surface area contributed by atoms with E-state index in [0.29, 0.717) is 0 Å². The van der Waals surface area contributed by atoms with Crippen LogP contribution in [0, 0.1) is 5.41 Å². The molecule has 3 nitrogen and oxygen atoms in total. The van der Waals surface area contributed by atoms with Crippen LogP contribution >= 0.6 is 0 Å². The van der Waals surface area contributed by atoms with E-state index >= 15 is 0 Å². The molecule has 2 amide bonds. The first-order valence-corrected chi connectivity index (χ1v) is 4.16. The Hall–Kier alpha value is -0.730. The summed E-state index contributed by atoms with van der Waals surface area (Å²) in [5.41, 5.74) is 0.167. The van der Waals surface area contributed by atoms with E-state index in [1.54, 1.807) is 23.9 Å². The SMILES string of the molecule is CN(C)C(=O)N(C)CC(C)(C)C. The molecule has 0 radical (unpaired) electrons. The van der Waals surface area contributed by atoms with E-state index in [4.69, 9.17) is 0 Å². The van der Waals surface area contributed by atoms with Gasteiger partial charge in [0.15, 0.2) is 0 Å². The topological polar surface area (TPSA) is 23.6 Å². The van der Waals surface area contributed by atoms with Crippen LogP contribution in [0.3, 0.4) is 0 Å². The first-order valence-electron chi connectivity index (χ1n) is 4.16. The fraction of sp³-hybridized carbons (Fsp3) is 0.889. The minimum absolute atomic E-state index is 0.0601. The zero-order chi connectivity index (χ0) is 9.94. The van der Waals surface area contributed by atoms with Crippen molar-refractivity contribution in [3.63, 3.8) is 0 Å². The molecule has 0 N–H and O–H groups in total. The number of hydrogen-bond donors (Lipinski definition) is 0. The van der Waals surface area contributed by atoms with Crippen LogP contribution in [0.4, 0.5) is 4.79 Å². The molecule has 0 atom stereocenters. The molecule has 0 fully saturated rings. The summed E-state index contributed by atoms with van der Waals surface area (Å²) in [4.78, 5) is 14.7. The monoisotopic (exact) mass is 172 g/mol. The molecule has 12 heavy (non-hydrogen) atoms. The fourth-order valence-corrected chi connectivity index (χ4v) is 1.12. The van der Waals surface area contributed by atoms with Gasteiger partial charge in [0.1, 0.15) is 0 Å². The van der Waals surface area contributed by atoms with Gasteiger partial charge in [-0.1, -0.05) is 20.8 Å². The molecule has 3 heteroatoms. The van der Waals surface area contributed by atoms with Crippen molar-refractivity contribution in [3.8, 4) is 0 Å². The second-order valence-electron chi connectivity index (χ2n) is 4.59. The summed E-state index contributed by atoms with van der Waals surface area (Å²) < 4.78 is 0. The van der Waals surface area contributed by atoms with Crippen molar-refractivity contribution in [2.24, 2.45) is 5.41 Å². The Morgan fingerprint density at radius 3 is 1.83 bits per heavy atom. The Balaban J connectivity index is 4.05.